The van der Waals surface area contributed by atoms with E-state index in [-0.39, 0.29) is 11.6 Å². The summed E-state index contributed by atoms with van der Waals surface area (Å²) < 4.78 is 1.62. The van der Waals surface area contributed by atoms with Crippen molar-refractivity contribution >= 4 is 16.9 Å². The Bertz CT molecular complexity index is 1120. The molecule has 0 bridgehead atoms. The lowest BCUT2D eigenvalue weighted by atomic mass is 10.0. The molecule has 2 fully saturated rings. The predicted octanol–water partition coefficient (Wildman–Crippen LogP) is 2.16. The van der Waals surface area contributed by atoms with Gasteiger partial charge in [0, 0.05) is 32.2 Å². The fraction of sp³-hybridized carbons (Fsp3) is 0.440. The number of hydrogen-bond donors (Lipinski definition) is 1. The van der Waals surface area contributed by atoms with Crippen LogP contribution in [0.25, 0.3) is 11.0 Å². The van der Waals surface area contributed by atoms with Gasteiger partial charge in [0.15, 0.2) is 0 Å². The summed E-state index contributed by atoms with van der Waals surface area (Å²) >= 11 is 0. The first-order chi connectivity index (χ1) is 15.6. The molecule has 2 aliphatic rings. The summed E-state index contributed by atoms with van der Waals surface area (Å²) in [5, 5.41) is 0. The highest BCUT2D eigenvalue weighted by Gasteiger charge is 2.33. The van der Waals surface area contributed by atoms with Crippen LogP contribution in [-0.2, 0) is 4.79 Å². The Kier molecular flexibility index (Phi) is 5.85. The van der Waals surface area contributed by atoms with Crippen molar-refractivity contribution in [2.24, 2.45) is 0 Å². The number of hydrogen-bond acceptors (Lipinski definition) is 4. The standard InChI is InChI=1S/C25H31N5O2/c1-27-13-11-20(12-14-27)28-15-17-29(18-16-28)24(31)23(19-7-3-2-4-8-19)30-22-10-6-5-9-21(22)26-25(30)32/h2-10,20,23H,11-18H2,1H3,(H,26,32). The summed E-state index contributed by atoms with van der Waals surface area (Å²) in [5.41, 5.74) is 2.09. The summed E-state index contributed by atoms with van der Waals surface area (Å²) in [6, 6.07) is 17.2. The maximum atomic E-state index is 13.8. The zero-order valence-corrected chi connectivity index (χ0v) is 18.6. The number of nitrogens with zero attached hydrogens (tertiary/aromatic N) is 4. The molecule has 0 aliphatic carbocycles. The molecule has 0 spiro atoms. The number of benzene rings is 2. The molecule has 2 saturated heterocycles. The zero-order chi connectivity index (χ0) is 22.1. The van der Waals surface area contributed by atoms with E-state index in [1.54, 1.807) is 4.57 Å². The number of aromatic amines is 1. The molecule has 0 radical (unpaired) electrons. The number of imidazole rings is 1. The number of carbonyl (C=O) groups is 1. The molecule has 32 heavy (non-hydrogen) atoms. The Morgan fingerprint density at radius 2 is 1.56 bits per heavy atom. The number of likely N-dealkylation sites (tertiary alicyclic amines) is 1. The third-order valence-electron chi connectivity index (χ3n) is 7.06. The molecule has 0 saturated carbocycles. The number of aromatic nitrogens is 2. The van der Waals surface area contributed by atoms with Gasteiger partial charge in [0.25, 0.3) is 5.91 Å². The van der Waals surface area contributed by atoms with Crippen molar-refractivity contribution in [3.05, 3.63) is 70.6 Å². The van der Waals surface area contributed by atoms with Crippen molar-refractivity contribution in [2.45, 2.75) is 24.9 Å². The van der Waals surface area contributed by atoms with Crippen LogP contribution in [-0.4, -0.2) is 82.5 Å². The largest absolute Gasteiger partial charge is 0.338 e. The van der Waals surface area contributed by atoms with Gasteiger partial charge in [-0.3, -0.25) is 14.3 Å². The number of piperazine rings is 1. The van der Waals surface area contributed by atoms with E-state index in [9.17, 15) is 9.59 Å². The lowest BCUT2D eigenvalue weighted by Gasteiger charge is -2.42. The van der Waals surface area contributed by atoms with E-state index >= 15 is 0 Å². The number of carbonyl (C=O) groups excluding carboxylic acids is 1. The van der Waals surface area contributed by atoms with Crippen molar-refractivity contribution in [3.8, 4) is 0 Å². The molecular weight excluding hydrogens is 402 g/mol. The summed E-state index contributed by atoms with van der Waals surface area (Å²) in [7, 11) is 2.18. The van der Waals surface area contributed by atoms with Crippen LogP contribution in [0.15, 0.2) is 59.4 Å². The molecule has 168 valence electrons. The highest BCUT2D eigenvalue weighted by atomic mass is 16.2. The zero-order valence-electron chi connectivity index (χ0n) is 18.6. The van der Waals surface area contributed by atoms with Crippen LogP contribution in [0.3, 0.4) is 0 Å². The first-order valence-electron chi connectivity index (χ1n) is 11.6. The lowest BCUT2D eigenvalue weighted by Crippen LogP contribution is -2.55. The maximum Gasteiger partial charge on any atom is 0.327 e. The molecule has 1 unspecified atom stereocenters. The molecule has 1 N–H and O–H groups in total. The van der Waals surface area contributed by atoms with Gasteiger partial charge in [-0.15, -0.1) is 0 Å². The highest BCUT2D eigenvalue weighted by molar-refractivity contribution is 5.86. The van der Waals surface area contributed by atoms with Crippen molar-refractivity contribution in [2.75, 3.05) is 46.3 Å². The topological polar surface area (TPSA) is 64.6 Å². The number of fused-ring (bicyclic) bond motifs is 1. The number of piperidine rings is 1. The monoisotopic (exact) mass is 433 g/mol. The van der Waals surface area contributed by atoms with Crippen LogP contribution in [0.5, 0.6) is 0 Å². The Hall–Kier alpha value is -2.90. The average Bonchev–Trinajstić information content (AvgIpc) is 3.16. The molecule has 2 aromatic carbocycles. The molecular formula is C25H31N5O2. The third kappa shape index (κ3) is 3.98. The molecule has 1 aromatic heterocycles. The van der Waals surface area contributed by atoms with Gasteiger partial charge in [0.2, 0.25) is 0 Å². The molecule has 7 nitrogen and oxygen atoms in total. The van der Waals surface area contributed by atoms with E-state index in [0.29, 0.717) is 19.1 Å². The fourth-order valence-electron chi connectivity index (χ4n) is 5.21. The van der Waals surface area contributed by atoms with Crippen LogP contribution < -0.4 is 5.69 Å². The number of rotatable bonds is 4. The molecule has 7 heteroatoms. The van der Waals surface area contributed by atoms with Gasteiger partial charge in [-0.1, -0.05) is 42.5 Å². The lowest BCUT2D eigenvalue weighted by molar-refractivity contribution is -0.135. The Balaban J connectivity index is 1.40. The second-order valence-corrected chi connectivity index (χ2v) is 9.03. The number of para-hydroxylation sites is 2. The molecule has 1 atom stereocenters. The minimum atomic E-state index is -0.672. The van der Waals surface area contributed by atoms with Crippen molar-refractivity contribution < 1.29 is 4.79 Å². The Labute approximate surface area is 188 Å². The van der Waals surface area contributed by atoms with E-state index in [4.69, 9.17) is 0 Å². The molecule has 3 heterocycles. The van der Waals surface area contributed by atoms with Crippen LogP contribution in [0.4, 0.5) is 0 Å². The second-order valence-electron chi connectivity index (χ2n) is 9.03. The summed E-state index contributed by atoms with van der Waals surface area (Å²) in [5.74, 6) is -0.00826. The van der Waals surface area contributed by atoms with Crippen molar-refractivity contribution in [3.63, 3.8) is 0 Å². The van der Waals surface area contributed by atoms with Crippen LogP contribution >= 0.6 is 0 Å². The number of nitrogens with one attached hydrogen (secondary N) is 1. The Morgan fingerprint density at radius 1 is 0.906 bits per heavy atom. The normalized spacial score (nSPS) is 20.0. The molecule has 1 amide bonds. The van der Waals surface area contributed by atoms with E-state index < -0.39 is 6.04 Å². The minimum Gasteiger partial charge on any atom is -0.338 e. The summed E-state index contributed by atoms with van der Waals surface area (Å²) in [6.45, 7) is 5.47. The smallest absolute Gasteiger partial charge is 0.327 e. The number of H-pyrrole nitrogens is 1. The highest BCUT2D eigenvalue weighted by Crippen LogP contribution is 2.25. The van der Waals surface area contributed by atoms with Gasteiger partial charge < -0.3 is 14.8 Å². The first kappa shape index (κ1) is 21.0. The maximum absolute atomic E-state index is 13.8. The van der Waals surface area contributed by atoms with Gasteiger partial charge in [-0.2, -0.15) is 0 Å². The summed E-state index contributed by atoms with van der Waals surface area (Å²) in [6.07, 6.45) is 2.39. The number of amides is 1. The van der Waals surface area contributed by atoms with E-state index in [0.717, 1.165) is 42.8 Å². The van der Waals surface area contributed by atoms with Crippen molar-refractivity contribution in [1.29, 1.82) is 0 Å². The minimum absolute atomic E-state index is 0.00826. The van der Waals surface area contributed by atoms with Gasteiger partial charge in [-0.25, -0.2) is 4.79 Å². The summed E-state index contributed by atoms with van der Waals surface area (Å²) in [4.78, 5) is 36.6. The molecule has 5 rings (SSSR count). The van der Waals surface area contributed by atoms with Gasteiger partial charge in [-0.05, 0) is 50.7 Å². The molecule has 3 aromatic rings. The first-order valence-corrected chi connectivity index (χ1v) is 11.6. The fourth-order valence-corrected chi connectivity index (χ4v) is 5.21. The van der Waals surface area contributed by atoms with Crippen LogP contribution in [0, 0.1) is 0 Å². The molecule has 2 aliphatic heterocycles. The van der Waals surface area contributed by atoms with Crippen LogP contribution in [0.1, 0.15) is 24.4 Å². The van der Waals surface area contributed by atoms with E-state index in [2.05, 4.69) is 21.8 Å². The third-order valence-corrected chi connectivity index (χ3v) is 7.06. The quantitative estimate of drug-likeness (QED) is 0.685. The van der Waals surface area contributed by atoms with E-state index in [1.165, 1.54) is 12.8 Å². The average molecular weight is 434 g/mol. The van der Waals surface area contributed by atoms with Gasteiger partial charge >= 0.3 is 5.69 Å². The SMILES string of the molecule is CN1CCC(N2CCN(C(=O)C(c3ccccc3)n3c(=O)[nH]c4ccccc43)CC2)CC1. The predicted molar refractivity (Wildman–Crippen MR) is 126 cm³/mol. The van der Waals surface area contributed by atoms with Crippen LogP contribution in [0.2, 0.25) is 0 Å². The van der Waals surface area contributed by atoms with Crippen molar-refractivity contribution in [1.82, 2.24) is 24.3 Å². The van der Waals surface area contributed by atoms with Gasteiger partial charge in [0.05, 0.1) is 11.0 Å². The Morgan fingerprint density at radius 3 is 2.28 bits per heavy atom. The second kappa shape index (κ2) is 8.92. The van der Waals surface area contributed by atoms with E-state index in [1.807, 2.05) is 59.5 Å². The van der Waals surface area contributed by atoms with Gasteiger partial charge in [0.1, 0.15) is 6.04 Å².